The van der Waals surface area contributed by atoms with Gasteiger partial charge in [0.2, 0.25) is 11.1 Å². The number of aliphatic hydroxyl groups is 1. The van der Waals surface area contributed by atoms with Crippen molar-refractivity contribution in [2.45, 2.75) is 88.7 Å². The average molecular weight is 639 g/mol. The van der Waals surface area contributed by atoms with Gasteiger partial charge < -0.3 is 14.6 Å². The zero-order valence-corrected chi connectivity index (χ0v) is 26.1. The fraction of sp³-hybridized carbons (Fsp3) is 0.606. The number of ether oxygens (including phenoxy) is 2. The summed E-state index contributed by atoms with van der Waals surface area (Å²) in [4.78, 5) is 31.0. The largest absolute Gasteiger partial charge is 0.448 e. The van der Waals surface area contributed by atoms with Crippen molar-refractivity contribution >= 4 is 28.9 Å². The van der Waals surface area contributed by atoms with Gasteiger partial charge in [-0.05, 0) is 81.1 Å². The summed E-state index contributed by atoms with van der Waals surface area (Å²) in [5.74, 6) is -2.25. The van der Waals surface area contributed by atoms with Crippen LogP contribution in [-0.4, -0.2) is 66.8 Å². The second kappa shape index (κ2) is 10.7. The van der Waals surface area contributed by atoms with Crippen LogP contribution in [0.4, 0.5) is 8.78 Å². The first-order valence-electron chi connectivity index (χ1n) is 15.6. The monoisotopic (exact) mass is 638 g/mol. The minimum Gasteiger partial charge on any atom is -0.448 e. The summed E-state index contributed by atoms with van der Waals surface area (Å²) >= 11 is 0.815. The normalized spacial score (nSPS) is 38.3. The minimum absolute atomic E-state index is 0.0709. The SMILES string of the molecule is C[C@]12Cc3cnn(-c4ccc(F)nc4)c3C=C1CC[C@H]1[C@@H]3CC[C@](OC(=O)[C@@H]4CCCO4)(C(=O)SCC#N)[C@@]3(C)C[C@H](O)[C@@]12F. The topological polar surface area (TPSA) is 127 Å². The van der Waals surface area contributed by atoms with Crippen molar-refractivity contribution in [2.24, 2.45) is 22.7 Å². The molecule has 1 saturated heterocycles. The van der Waals surface area contributed by atoms with Gasteiger partial charge in [0.05, 0.1) is 41.7 Å². The predicted octanol–water partition coefficient (Wildman–Crippen LogP) is 4.90. The maximum atomic E-state index is 18.1. The minimum atomic E-state index is -2.02. The van der Waals surface area contributed by atoms with Gasteiger partial charge in [0, 0.05) is 23.4 Å². The predicted molar refractivity (Wildman–Crippen MR) is 160 cm³/mol. The number of carbonyl (C=O) groups is 2. The molecule has 3 saturated carbocycles. The van der Waals surface area contributed by atoms with Gasteiger partial charge >= 0.3 is 5.97 Å². The molecule has 0 bridgehead atoms. The smallest absolute Gasteiger partial charge is 0.336 e. The summed E-state index contributed by atoms with van der Waals surface area (Å²) in [6, 6.07) is 4.85. The highest BCUT2D eigenvalue weighted by atomic mass is 32.2. The highest BCUT2D eigenvalue weighted by Crippen LogP contribution is 2.71. The van der Waals surface area contributed by atoms with Gasteiger partial charge in [-0.1, -0.05) is 31.2 Å². The van der Waals surface area contributed by atoms with Crippen molar-refractivity contribution in [1.82, 2.24) is 14.8 Å². The van der Waals surface area contributed by atoms with Crippen LogP contribution in [0.3, 0.4) is 0 Å². The van der Waals surface area contributed by atoms with Gasteiger partial charge in [0.25, 0.3) is 0 Å². The Morgan fingerprint density at radius 2 is 2.07 bits per heavy atom. The van der Waals surface area contributed by atoms with Gasteiger partial charge in [0.15, 0.2) is 11.7 Å². The molecule has 0 unspecified atom stereocenters. The molecule has 0 aromatic carbocycles. The lowest BCUT2D eigenvalue weighted by molar-refractivity contribution is -0.230. The molecule has 12 heteroatoms. The van der Waals surface area contributed by atoms with Gasteiger partial charge in [-0.2, -0.15) is 14.8 Å². The summed E-state index contributed by atoms with van der Waals surface area (Å²) in [5, 5.41) is 25.3. The highest BCUT2D eigenvalue weighted by molar-refractivity contribution is 8.14. The summed E-state index contributed by atoms with van der Waals surface area (Å²) in [6.45, 7) is 4.17. The Bertz CT molecular complexity index is 1620. The summed E-state index contributed by atoms with van der Waals surface area (Å²) in [7, 11) is 0. The van der Waals surface area contributed by atoms with Crippen LogP contribution in [0.1, 0.15) is 70.1 Å². The number of nitriles is 1. The number of aromatic nitrogens is 3. The van der Waals surface area contributed by atoms with E-state index in [-0.39, 0.29) is 24.5 Å². The van der Waals surface area contributed by atoms with Crippen molar-refractivity contribution in [3.8, 4) is 11.8 Å². The third-order valence-electron chi connectivity index (χ3n) is 11.7. The lowest BCUT2D eigenvalue weighted by Gasteiger charge is -2.63. The van der Waals surface area contributed by atoms with Crippen molar-refractivity contribution in [2.75, 3.05) is 12.4 Å². The number of thioether (sulfide) groups is 1. The van der Waals surface area contributed by atoms with Crippen LogP contribution in [0.2, 0.25) is 0 Å². The first-order chi connectivity index (χ1) is 21.5. The van der Waals surface area contributed by atoms with Crippen LogP contribution in [0.25, 0.3) is 11.8 Å². The molecule has 8 atom stereocenters. The molecule has 5 aliphatic rings. The Hall–Kier alpha value is -3.14. The maximum Gasteiger partial charge on any atom is 0.336 e. The van der Waals surface area contributed by atoms with Crippen LogP contribution in [-0.2, 0) is 25.5 Å². The van der Waals surface area contributed by atoms with Gasteiger partial charge in [0.1, 0.15) is 5.67 Å². The van der Waals surface area contributed by atoms with E-state index in [4.69, 9.17) is 9.47 Å². The lowest BCUT2D eigenvalue weighted by atomic mass is 9.44. The zero-order valence-electron chi connectivity index (χ0n) is 25.3. The Kier molecular flexibility index (Phi) is 7.26. The van der Waals surface area contributed by atoms with E-state index in [9.17, 15) is 24.3 Å². The molecule has 9 nitrogen and oxygen atoms in total. The number of pyridine rings is 1. The number of fused-ring (bicyclic) bond motifs is 6. The Morgan fingerprint density at radius 1 is 1.24 bits per heavy atom. The molecule has 0 radical (unpaired) electrons. The molecule has 3 heterocycles. The number of esters is 1. The standard InChI is InChI=1S/C33H36F2N4O5S/c1-30-15-19-17-38-39(21-6-8-27(34)37-18-21)24(19)14-20(30)5-7-23-22-9-10-32(29(42)45-13-11-36,44-28(41)25-4-3-12-43-25)31(22,2)16-26(40)33(23,30)35/h6,8,14,17-18,22-23,25-26,40H,3-5,7,9-10,12-13,15-16H2,1-2H3/t22-,23-,25-,26-,30-,31-,32-,33-/m0/s1. The van der Waals surface area contributed by atoms with Crippen molar-refractivity contribution in [3.05, 3.63) is 47.3 Å². The third kappa shape index (κ3) is 4.22. The zero-order chi connectivity index (χ0) is 31.8. The first kappa shape index (κ1) is 30.5. The molecule has 4 fully saturated rings. The van der Waals surface area contributed by atoms with Crippen LogP contribution in [0.15, 0.2) is 30.1 Å². The molecule has 0 amide bonds. The third-order valence-corrected chi connectivity index (χ3v) is 12.6. The van der Waals surface area contributed by atoms with E-state index < -0.39 is 57.3 Å². The molecule has 1 aliphatic heterocycles. The van der Waals surface area contributed by atoms with Crippen LogP contribution in [0, 0.1) is 39.9 Å². The second-order valence-electron chi connectivity index (χ2n) is 13.7. The second-order valence-corrected chi connectivity index (χ2v) is 14.6. The van der Waals surface area contributed by atoms with E-state index in [0.717, 1.165) is 28.6 Å². The average Bonchev–Trinajstić information content (AvgIpc) is 3.75. The van der Waals surface area contributed by atoms with Crippen molar-refractivity contribution < 1.29 is 33.0 Å². The Labute approximate surface area is 264 Å². The van der Waals surface area contributed by atoms with Gasteiger partial charge in [-0.25, -0.2) is 18.9 Å². The number of rotatable bonds is 5. The molecular formula is C33H36F2N4O5S. The fourth-order valence-electron chi connectivity index (χ4n) is 9.50. The van der Waals surface area contributed by atoms with Crippen LogP contribution in [0.5, 0.6) is 0 Å². The molecule has 7 rings (SSSR count). The van der Waals surface area contributed by atoms with E-state index in [1.807, 2.05) is 26.0 Å². The quantitative estimate of drug-likeness (QED) is 0.360. The molecule has 4 aliphatic carbocycles. The van der Waals surface area contributed by atoms with E-state index in [2.05, 4.69) is 10.1 Å². The van der Waals surface area contributed by atoms with E-state index in [1.165, 1.54) is 12.3 Å². The van der Waals surface area contributed by atoms with Crippen molar-refractivity contribution in [3.63, 3.8) is 0 Å². The number of carbonyl (C=O) groups excluding carboxylic acids is 2. The Balaban J connectivity index is 1.25. The number of halogens is 2. The molecule has 2 aromatic rings. The van der Waals surface area contributed by atoms with Gasteiger partial charge in [-0.3, -0.25) is 4.79 Å². The molecule has 238 valence electrons. The number of alkyl halides is 1. The van der Waals surface area contributed by atoms with Crippen LogP contribution >= 0.6 is 11.8 Å². The Morgan fingerprint density at radius 3 is 2.78 bits per heavy atom. The molecular weight excluding hydrogens is 602 g/mol. The number of aliphatic hydroxyl groups excluding tert-OH is 1. The number of hydrogen-bond donors (Lipinski definition) is 1. The summed E-state index contributed by atoms with van der Waals surface area (Å²) in [5.41, 5.74) is -2.64. The van der Waals surface area contributed by atoms with Crippen molar-refractivity contribution in [1.29, 1.82) is 5.26 Å². The highest BCUT2D eigenvalue weighted by Gasteiger charge is 2.76. The number of allylic oxidation sites excluding steroid dienone is 1. The van der Waals surface area contributed by atoms with E-state index in [0.29, 0.717) is 50.8 Å². The summed E-state index contributed by atoms with van der Waals surface area (Å²) in [6.07, 6.45) is 5.98. The summed E-state index contributed by atoms with van der Waals surface area (Å²) < 4.78 is 45.1. The first-order valence-corrected chi connectivity index (χ1v) is 16.6. The molecule has 1 N–H and O–H groups in total. The molecule has 45 heavy (non-hydrogen) atoms. The number of hydrogen-bond acceptors (Lipinski definition) is 9. The van der Waals surface area contributed by atoms with Crippen LogP contribution < -0.4 is 0 Å². The van der Waals surface area contributed by atoms with E-state index in [1.54, 1.807) is 16.9 Å². The molecule has 2 aromatic heterocycles. The van der Waals surface area contributed by atoms with Gasteiger partial charge in [-0.15, -0.1) is 0 Å². The van der Waals surface area contributed by atoms with E-state index >= 15 is 4.39 Å². The maximum absolute atomic E-state index is 18.1. The fourth-order valence-corrected chi connectivity index (χ4v) is 10.3. The molecule has 0 spiro atoms. The number of nitrogens with zero attached hydrogens (tertiary/aromatic N) is 4. The lowest BCUT2D eigenvalue weighted by Crippen LogP contribution is -2.70.